The first-order chi connectivity index (χ1) is 10.6. The van der Waals surface area contributed by atoms with Gasteiger partial charge in [-0.3, -0.25) is 4.79 Å². The highest BCUT2D eigenvalue weighted by Crippen LogP contribution is 2.17. The zero-order valence-corrected chi connectivity index (χ0v) is 13.3. The van der Waals surface area contributed by atoms with Gasteiger partial charge >= 0.3 is 5.97 Å². The van der Waals surface area contributed by atoms with E-state index in [0.29, 0.717) is 17.9 Å². The van der Waals surface area contributed by atoms with Crippen LogP contribution >= 0.6 is 0 Å². The predicted molar refractivity (Wildman–Crippen MR) is 83.7 cm³/mol. The Morgan fingerprint density at radius 2 is 2.00 bits per heavy atom. The zero-order chi connectivity index (χ0) is 16.4. The minimum absolute atomic E-state index is 0.0462. The molecule has 0 amide bonds. The molecule has 120 valence electrons. The van der Waals surface area contributed by atoms with Crippen LogP contribution in [0.2, 0.25) is 0 Å². The Morgan fingerprint density at radius 1 is 1.23 bits per heavy atom. The molecule has 0 saturated carbocycles. The first kappa shape index (κ1) is 17.9. The number of ether oxygens (including phenoxy) is 3. The van der Waals surface area contributed by atoms with E-state index in [9.17, 15) is 9.59 Å². The summed E-state index contributed by atoms with van der Waals surface area (Å²) in [5.41, 5.74) is 0.647. The minimum Gasteiger partial charge on any atom is -0.494 e. The Labute approximate surface area is 130 Å². The quantitative estimate of drug-likeness (QED) is 0.231. The van der Waals surface area contributed by atoms with E-state index < -0.39 is 11.8 Å². The highest BCUT2D eigenvalue weighted by Gasteiger charge is 2.18. The molecule has 0 heterocycles. The Balaban J connectivity index is 2.96. The summed E-state index contributed by atoms with van der Waals surface area (Å²) in [6, 6.07) is 7.21. The highest BCUT2D eigenvalue weighted by molar-refractivity contribution is 6.21. The molecule has 0 aliphatic carbocycles. The number of benzene rings is 1. The van der Waals surface area contributed by atoms with E-state index in [0.717, 1.165) is 12.8 Å². The maximum Gasteiger partial charge on any atom is 0.341 e. The molecule has 0 radical (unpaired) electrons. The van der Waals surface area contributed by atoms with E-state index in [-0.39, 0.29) is 12.2 Å². The third kappa shape index (κ3) is 5.69. The fourth-order valence-corrected chi connectivity index (χ4v) is 1.77. The Hall–Kier alpha value is -2.14. The lowest BCUT2D eigenvalue weighted by Gasteiger charge is -2.07. The number of esters is 1. The maximum absolute atomic E-state index is 11.9. The lowest BCUT2D eigenvalue weighted by Crippen LogP contribution is -2.18. The molecule has 0 fully saturated rings. The first-order valence-electron chi connectivity index (χ1n) is 7.17. The number of hydrogen-bond acceptors (Lipinski definition) is 5. The van der Waals surface area contributed by atoms with Gasteiger partial charge in [0.2, 0.25) is 0 Å². The summed E-state index contributed by atoms with van der Waals surface area (Å²) in [5.74, 6) is -0.406. The lowest BCUT2D eigenvalue weighted by molar-refractivity contribution is -0.138. The molecule has 0 N–H and O–H groups in total. The fraction of sp³-hybridized carbons (Fsp3) is 0.412. The fourth-order valence-electron chi connectivity index (χ4n) is 1.77. The van der Waals surface area contributed by atoms with Gasteiger partial charge in [-0.2, -0.15) is 0 Å². The molecule has 0 atom stereocenters. The van der Waals surface area contributed by atoms with Crippen molar-refractivity contribution in [1.82, 2.24) is 0 Å². The van der Waals surface area contributed by atoms with Crippen molar-refractivity contribution in [3.8, 4) is 5.75 Å². The summed E-state index contributed by atoms with van der Waals surface area (Å²) >= 11 is 0. The molecule has 1 aromatic rings. The number of ketones is 1. The average Bonchev–Trinajstić information content (AvgIpc) is 2.53. The number of unbranched alkanes of at least 4 members (excludes halogenated alkanes) is 1. The molecular formula is C17H22O5. The molecule has 0 spiro atoms. The Morgan fingerprint density at radius 3 is 2.64 bits per heavy atom. The maximum atomic E-state index is 11.9. The Kier molecular flexibility index (Phi) is 7.92. The number of carbonyl (C=O) groups is 2. The number of rotatable bonds is 9. The molecule has 0 aliphatic rings. The number of hydrogen-bond donors (Lipinski definition) is 0. The van der Waals surface area contributed by atoms with Crippen LogP contribution < -0.4 is 4.74 Å². The van der Waals surface area contributed by atoms with Crippen LogP contribution in [0.4, 0.5) is 0 Å². The van der Waals surface area contributed by atoms with Crippen molar-refractivity contribution < 1.29 is 23.8 Å². The van der Waals surface area contributed by atoms with Crippen LogP contribution in [0.25, 0.3) is 6.08 Å². The molecule has 22 heavy (non-hydrogen) atoms. The number of methoxy groups -OCH3 is 2. The van der Waals surface area contributed by atoms with E-state index in [4.69, 9.17) is 9.47 Å². The van der Waals surface area contributed by atoms with Gasteiger partial charge < -0.3 is 14.2 Å². The minimum atomic E-state index is -0.681. The normalized spacial score (nSPS) is 11.1. The topological polar surface area (TPSA) is 61.8 Å². The summed E-state index contributed by atoms with van der Waals surface area (Å²) in [6.45, 7) is 2.55. The molecule has 0 unspecified atom stereocenters. The summed E-state index contributed by atoms with van der Waals surface area (Å²) in [7, 11) is 2.63. The largest absolute Gasteiger partial charge is 0.494 e. The zero-order valence-electron chi connectivity index (χ0n) is 13.3. The van der Waals surface area contributed by atoms with Crippen LogP contribution in [0, 0.1) is 0 Å². The molecule has 1 rings (SSSR count). The van der Waals surface area contributed by atoms with Crippen LogP contribution in [0.3, 0.4) is 0 Å². The van der Waals surface area contributed by atoms with Crippen LogP contribution in [0.15, 0.2) is 29.8 Å². The lowest BCUT2D eigenvalue weighted by atomic mass is 10.1. The predicted octanol–water partition coefficient (Wildman–Crippen LogP) is 2.64. The van der Waals surface area contributed by atoms with Crippen molar-refractivity contribution in [2.24, 2.45) is 0 Å². The van der Waals surface area contributed by atoms with E-state index in [1.54, 1.807) is 12.1 Å². The Bertz CT molecular complexity index is 534. The number of carbonyl (C=O) groups excluding carboxylic acids is 2. The second-order valence-electron chi connectivity index (χ2n) is 4.68. The van der Waals surface area contributed by atoms with Gasteiger partial charge in [0.15, 0.2) is 5.78 Å². The van der Waals surface area contributed by atoms with Crippen LogP contribution in [0.5, 0.6) is 5.75 Å². The van der Waals surface area contributed by atoms with Crippen molar-refractivity contribution in [3.63, 3.8) is 0 Å². The van der Waals surface area contributed by atoms with Gasteiger partial charge in [-0.25, -0.2) is 4.79 Å². The third-order valence-corrected chi connectivity index (χ3v) is 2.92. The molecule has 0 bridgehead atoms. The van der Waals surface area contributed by atoms with Gasteiger partial charge in [0.25, 0.3) is 0 Å². The number of Topliss-reactive ketones (excluding diaryl/α,β-unsaturated/α-hetero) is 1. The van der Waals surface area contributed by atoms with Crippen molar-refractivity contribution in [1.29, 1.82) is 0 Å². The van der Waals surface area contributed by atoms with Gasteiger partial charge in [-0.1, -0.05) is 25.5 Å². The van der Waals surface area contributed by atoms with Crippen LogP contribution in [0.1, 0.15) is 25.3 Å². The summed E-state index contributed by atoms with van der Waals surface area (Å²) in [5, 5.41) is 0. The van der Waals surface area contributed by atoms with Crippen molar-refractivity contribution in [3.05, 3.63) is 35.4 Å². The molecule has 0 aromatic heterocycles. The molecular weight excluding hydrogens is 284 g/mol. The van der Waals surface area contributed by atoms with Crippen molar-refractivity contribution in [2.45, 2.75) is 19.8 Å². The van der Waals surface area contributed by atoms with Gasteiger partial charge in [0, 0.05) is 7.11 Å². The molecule has 5 nitrogen and oxygen atoms in total. The first-order valence-corrected chi connectivity index (χ1v) is 7.17. The monoisotopic (exact) mass is 306 g/mol. The van der Waals surface area contributed by atoms with E-state index in [2.05, 4.69) is 11.7 Å². The second kappa shape index (κ2) is 9.73. The molecule has 1 aromatic carbocycles. The third-order valence-electron chi connectivity index (χ3n) is 2.92. The van der Waals surface area contributed by atoms with Gasteiger partial charge in [-0.15, -0.1) is 0 Å². The van der Waals surface area contributed by atoms with Gasteiger partial charge in [0.05, 0.1) is 13.7 Å². The van der Waals surface area contributed by atoms with E-state index in [1.807, 2.05) is 12.1 Å². The van der Waals surface area contributed by atoms with Crippen molar-refractivity contribution >= 4 is 17.8 Å². The molecule has 0 saturated heterocycles. The van der Waals surface area contributed by atoms with E-state index >= 15 is 0 Å². The SMILES string of the molecule is CCCCOc1cccc(C=C(C(=O)COC)C(=O)OC)c1. The molecule has 5 heteroatoms. The second-order valence-corrected chi connectivity index (χ2v) is 4.68. The highest BCUT2D eigenvalue weighted by atomic mass is 16.5. The van der Waals surface area contributed by atoms with Gasteiger partial charge in [-0.05, 0) is 30.2 Å². The summed E-state index contributed by atoms with van der Waals surface area (Å²) < 4.78 is 15.0. The summed E-state index contributed by atoms with van der Waals surface area (Å²) in [4.78, 5) is 23.6. The molecule has 0 aliphatic heterocycles. The summed E-state index contributed by atoms with van der Waals surface area (Å²) in [6.07, 6.45) is 3.51. The van der Waals surface area contributed by atoms with Crippen molar-refractivity contribution in [2.75, 3.05) is 27.4 Å². The average molecular weight is 306 g/mol. The van der Waals surface area contributed by atoms with Crippen LogP contribution in [-0.4, -0.2) is 39.2 Å². The van der Waals surface area contributed by atoms with Gasteiger partial charge in [0.1, 0.15) is 17.9 Å². The van der Waals surface area contributed by atoms with Crippen LogP contribution in [-0.2, 0) is 19.1 Å². The van der Waals surface area contributed by atoms with E-state index in [1.165, 1.54) is 20.3 Å². The smallest absolute Gasteiger partial charge is 0.341 e. The standard InChI is InChI=1S/C17H22O5/c1-4-5-9-22-14-8-6-7-13(10-14)11-15(17(19)21-3)16(18)12-20-2/h6-8,10-11H,4-5,9,12H2,1-3H3.